The molecule has 5 saturated carbocycles. The Morgan fingerprint density at radius 2 is 1.26 bits per heavy atom. The summed E-state index contributed by atoms with van der Waals surface area (Å²) in [4.78, 5) is 24.6. The van der Waals surface area contributed by atoms with Crippen molar-refractivity contribution in [3.8, 4) is 0 Å². The highest BCUT2D eigenvalue weighted by molar-refractivity contribution is 5.67. The monoisotopic (exact) mass is 544 g/mol. The smallest absolute Gasteiger partial charge is 0.302 e. The van der Waals surface area contributed by atoms with Crippen molar-refractivity contribution in [1.29, 1.82) is 0 Å². The Morgan fingerprint density at radius 1 is 0.718 bits per heavy atom. The van der Waals surface area contributed by atoms with Gasteiger partial charge in [-0.25, -0.2) is 0 Å². The molecule has 5 rings (SSSR count). The van der Waals surface area contributed by atoms with Crippen LogP contribution in [0.3, 0.4) is 0 Å². The van der Waals surface area contributed by atoms with Gasteiger partial charge in [-0.3, -0.25) is 9.59 Å². The van der Waals surface area contributed by atoms with Gasteiger partial charge < -0.3 is 14.6 Å². The van der Waals surface area contributed by atoms with E-state index in [0.29, 0.717) is 36.0 Å². The highest BCUT2D eigenvalue weighted by atomic mass is 16.6. The highest BCUT2D eigenvalue weighted by Gasteiger charge is 2.73. The van der Waals surface area contributed by atoms with Crippen LogP contribution in [0.1, 0.15) is 127 Å². The molecule has 222 valence electrons. The molecule has 0 aromatic carbocycles. The number of hydrogen-bond donors (Lipinski definition) is 1. The number of hydrogen-bond acceptors (Lipinski definition) is 5. The molecule has 0 radical (unpaired) electrons. The fourth-order valence-corrected chi connectivity index (χ4v) is 12.7. The van der Waals surface area contributed by atoms with Crippen molar-refractivity contribution in [2.75, 3.05) is 0 Å². The topological polar surface area (TPSA) is 72.8 Å². The Bertz CT molecular complexity index is 1010. The molecule has 5 aliphatic rings. The van der Waals surface area contributed by atoms with Gasteiger partial charge in [0.25, 0.3) is 0 Å². The lowest BCUT2D eigenvalue weighted by molar-refractivity contribution is -0.282. The third-order valence-electron chi connectivity index (χ3n) is 14.5. The molecule has 0 amide bonds. The molecule has 5 fully saturated rings. The quantitative estimate of drug-likeness (QED) is 0.377. The number of fused-ring (bicyclic) bond motifs is 7. The number of ether oxygens (including phenoxy) is 2. The summed E-state index contributed by atoms with van der Waals surface area (Å²) in [6, 6.07) is 0. The minimum absolute atomic E-state index is 0.144. The second-order valence-electron chi connectivity index (χ2n) is 16.7. The van der Waals surface area contributed by atoms with Gasteiger partial charge >= 0.3 is 11.9 Å². The minimum Gasteiger partial charge on any atom is -0.462 e. The second kappa shape index (κ2) is 8.95. The Morgan fingerprint density at radius 3 is 1.85 bits per heavy atom. The van der Waals surface area contributed by atoms with Crippen LogP contribution < -0.4 is 0 Å². The maximum atomic E-state index is 12.5. The van der Waals surface area contributed by atoms with Crippen LogP contribution in [0.5, 0.6) is 0 Å². The molecule has 5 heteroatoms. The van der Waals surface area contributed by atoms with Crippen molar-refractivity contribution in [3.05, 3.63) is 0 Å². The van der Waals surface area contributed by atoms with Crippen molar-refractivity contribution in [2.24, 2.45) is 56.7 Å². The zero-order valence-electron chi connectivity index (χ0n) is 26.5. The molecule has 0 heterocycles. The molecule has 1 unspecified atom stereocenters. The summed E-state index contributed by atoms with van der Waals surface area (Å²) < 4.78 is 12.1. The van der Waals surface area contributed by atoms with Crippen LogP contribution in [-0.4, -0.2) is 34.9 Å². The molecule has 5 nitrogen and oxygen atoms in total. The van der Waals surface area contributed by atoms with Crippen molar-refractivity contribution in [3.63, 3.8) is 0 Å². The second-order valence-corrected chi connectivity index (χ2v) is 16.7. The highest BCUT2D eigenvalue weighted by Crippen LogP contribution is 2.78. The fraction of sp³-hybridized carbons (Fsp3) is 0.941. The SMILES string of the molecule is CC(=O)O[C@H]1C[C@H](OC(C)=O)[C@@]2(C)C(CC[C@]3(C)[C@@H]2CC[C@@H]2[C@@]4(C)CC[C@H](C(C)(C)O)[C@@H]4CC[C@]23C)C1(C)C. The van der Waals surface area contributed by atoms with Crippen LogP contribution >= 0.6 is 0 Å². The zero-order valence-corrected chi connectivity index (χ0v) is 26.5. The first-order valence-electron chi connectivity index (χ1n) is 15.9. The maximum absolute atomic E-state index is 12.5. The lowest BCUT2D eigenvalue weighted by Gasteiger charge is -2.74. The molecular weight excluding hydrogens is 488 g/mol. The van der Waals surface area contributed by atoms with Gasteiger partial charge in [0.15, 0.2) is 0 Å². The van der Waals surface area contributed by atoms with E-state index in [1.165, 1.54) is 46.0 Å². The van der Waals surface area contributed by atoms with Crippen molar-refractivity contribution in [2.45, 2.75) is 145 Å². The van der Waals surface area contributed by atoms with Crippen molar-refractivity contribution < 1.29 is 24.2 Å². The number of esters is 2. The minimum atomic E-state index is -0.619. The van der Waals surface area contributed by atoms with E-state index < -0.39 is 5.60 Å². The van der Waals surface area contributed by atoms with Crippen LogP contribution in [0, 0.1) is 56.7 Å². The molecule has 0 saturated heterocycles. The maximum Gasteiger partial charge on any atom is 0.302 e. The van der Waals surface area contributed by atoms with E-state index in [9.17, 15) is 14.7 Å². The van der Waals surface area contributed by atoms with Crippen LogP contribution in [0.2, 0.25) is 0 Å². The lowest BCUT2D eigenvalue weighted by atomic mass is 9.31. The van der Waals surface area contributed by atoms with Crippen molar-refractivity contribution >= 4 is 11.9 Å². The van der Waals surface area contributed by atoms with Gasteiger partial charge in [0.05, 0.1) is 5.60 Å². The molecule has 5 aliphatic carbocycles. The Balaban J connectivity index is 1.55. The van der Waals surface area contributed by atoms with Gasteiger partial charge in [0.1, 0.15) is 12.2 Å². The Hall–Kier alpha value is -1.10. The third kappa shape index (κ3) is 3.93. The molecule has 39 heavy (non-hydrogen) atoms. The number of carbonyl (C=O) groups is 2. The van der Waals surface area contributed by atoms with Gasteiger partial charge in [-0.05, 0) is 111 Å². The molecule has 0 aromatic rings. The first-order chi connectivity index (χ1) is 17.8. The Kier molecular flexibility index (Phi) is 6.74. The molecule has 1 N–H and O–H groups in total. The number of rotatable bonds is 3. The Labute approximate surface area is 237 Å². The van der Waals surface area contributed by atoms with E-state index in [1.54, 1.807) is 0 Å². The predicted molar refractivity (Wildman–Crippen MR) is 153 cm³/mol. The molecule has 0 spiro atoms. The third-order valence-corrected chi connectivity index (χ3v) is 14.5. The number of carbonyl (C=O) groups excluding carboxylic acids is 2. The van der Waals surface area contributed by atoms with Gasteiger partial charge in [0.2, 0.25) is 0 Å². The first kappa shape index (κ1) is 29.4. The average molecular weight is 545 g/mol. The number of aliphatic hydroxyl groups is 1. The normalized spacial score (nSPS) is 50.6. The molecule has 0 aromatic heterocycles. The largest absolute Gasteiger partial charge is 0.462 e. The standard InChI is InChI=1S/C34H56O5/c1-20(35)38-27-19-28(39-21(2)36)34(10)24(29(27,3)4)15-18-33(9)26(34)12-11-25-31(7)16-13-22(30(5,6)37)23(31)14-17-32(25,33)8/h22-28,37H,11-19H2,1-10H3/t22-,23-,24?,25+,26-,27-,28-,31-,32+,33+,34-/m0/s1. The zero-order chi connectivity index (χ0) is 29.0. The summed E-state index contributed by atoms with van der Waals surface area (Å²) >= 11 is 0. The molecular formula is C34H56O5. The molecule has 0 bridgehead atoms. The van der Waals surface area contributed by atoms with E-state index in [4.69, 9.17) is 9.47 Å². The summed E-state index contributed by atoms with van der Waals surface area (Å²) in [5, 5.41) is 11.1. The van der Waals surface area contributed by atoms with E-state index in [2.05, 4.69) is 41.5 Å². The van der Waals surface area contributed by atoms with Gasteiger partial charge in [-0.15, -0.1) is 0 Å². The summed E-state index contributed by atoms with van der Waals surface area (Å²) in [5.74, 6) is 1.89. The fourth-order valence-electron chi connectivity index (χ4n) is 12.7. The van der Waals surface area contributed by atoms with E-state index in [-0.39, 0.29) is 51.2 Å². The average Bonchev–Trinajstić information content (AvgIpc) is 3.15. The predicted octanol–water partition coefficient (Wildman–Crippen LogP) is 7.33. The van der Waals surface area contributed by atoms with Crippen LogP contribution in [0.25, 0.3) is 0 Å². The first-order valence-corrected chi connectivity index (χ1v) is 15.9. The van der Waals surface area contributed by atoms with Gasteiger partial charge in [-0.2, -0.15) is 0 Å². The molecule has 11 atom stereocenters. The van der Waals surface area contributed by atoms with E-state index in [0.717, 1.165) is 19.3 Å². The molecule has 0 aliphatic heterocycles. The summed E-state index contributed by atoms with van der Waals surface area (Å²) in [5.41, 5.74) is -0.357. The van der Waals surface area contributed by atoms with E-state index in [1.807, 2.05) is 13.8 Å². The van der Waals surface area contributed by atoms with Gasteiger partial charge in [0, 0.05) is 31.1 Å². The van der Waals surface area contributed by atoms with E-state index >= 15 is 0 Å². The van der Waals surface area contributed by atoms with Crippen LogP contribution in [0.4, 0.5) is 0 Å². The van der Waals surface area contributed by atoms with Crippen molar-refractivity contribution in [1.82, 2.24) is 0 Å². The van der Waals surface area contributed by atoms with Gasteiger partial charge in [-0.1, -0.05) is 41.5 Å². The lowest BCUT2D eigenvalue weighted by Crippen LogP contribution is -2.70. The van der Waals surface area contributed by atoms with Crippen LogP contribution in [0.15, 0.2) is 0 Å². The summed E-state index contributed by atoms with van der Waals surface area (Å²) in [6.45, 7) is 21.8. The summed E-state index contributed by atoms with van der Waals surface area (Å²) in [7, 11) is 0. The summed E-state index contributed by atoms with van der Waals surface area (Å²) in [6.07, 6.45) is 9.47. The van der Waals surface area contributed by atoms with Crippen LogP contribution in [-0.2, 0) is 19.1 Å².